The normalized spacial score (nSPS) is 12.7. The number of rotatable bonds is 4. The van der Waals surface area contributed by atoms with Crippen molar-refractivity contribution in [3.8, 4) is 0 Å². The van der Waals surface area contributed by atoms with Gasteiger partial charge in [-0.3, -0.25) is 4.52 Å². The van der Waals surface area contributed by atoms with E-state index in [1.165, 1.54) is 0 Å². The fourth-order valence-electron chi connectivity index (χ4n) is 0.434. The number of phosphoric ester groups is 1. The fraction of sp³-hybridized carbons (Fsp3) is 0.857. The second kappa shape index (κ2) is 7.05. The summed E-state index contributed by atoms with van der Waals surface area (Å²) in [5.41, 5.74) is 0. The number of carbonyl (C=O) groups is 1. The molecule has 0 unspecified atom stereocenters. The molecule has 0 saturated carbocycles. The first-order valence-electron chi connectivity index (χ1n) is 4.44. The first-order chi connectivity index (χ1) is 7.65. The standard InChI is InChI=1S/C5H14NO4P.C2HF3O2/c1-6(2,3)4-5-10-11(7,8)9;3-2(4,5)1(6)7/h4-5H2,1-3H3,(H-,7,8,9);(H,6,7). The molecule has 0 radical (unpaired) electrons. The Balaban J connectivity index is 0. The summed E-state index contributed by atoms with van der Waals surface area (Å²) in [4.78, 5) is 25.4. The third kappa shape index (κ3) is 17.7. The largest absolute Gasteiger partial charge is 0.542 e. The Kier molecular flexibility index (Phi) is 7.70. The summed E-state index contributed by atoms with van der Waals surface area (Å²) in [6, 6.07) is 0. The predicted molar refractivity (Wildman–Crippen MR) is 52.0 cm³/mol. The van der Waals surface area contributed by atoms with Gasteiger partial charge in [0.15, 0.2) is 0 Å². The lowest BCUT2D eigenvalue weighted by Crippen LogP contribution is -2.37. The van der Waals surface area contributed by atoms with E-state index in [-0.39, 0.29) is 6.61 Å². The number of alkyl halides is 3. The minimum absolute atomic E-state index is 0.0772. The second-order valence-electron chi connectivity index (χ2n) is 4.12. The lowest BCUT2D eigenvalue weighted by atomic mass is 10.5. The predicted octanol–water partition coefficient (Wildman–Crippen LogP) is -0.900. The van der Waals surface area contributed by atoms with Gasteiger partial charge in [0.2, 0.25) is 0 Å². The maximum atomic E-state index is 10.5. The van der Waals surface area contributed by atoms with E-state index >= 15 is 0 Å². The number of quaternary nitrogens is 1. The topological polar surface area (TPSA) is 107 Å². The van der Waals surface area contributed by atoms with Crippen molar-refractivity contribution in [2.24, 2.45) is 0 Å². The SMILES string of the molecule is C[N+](C)(C)CCOP(=O)(O)O.O=C([O-])C(F)(F)F. The van der Waals surface area contributed by atoms with E-state index in [1.54, 1.807) is 0 Å². The molecular weight excluding hydrogens is 282 g/mol. The van der Waals surface area contributed by atoms with Crippen LogP contribution >= 0.6 is 7.82 Å². The minimum Gasteiger partial charge on any atom is -0.542 e. The molecule has 0 fully saturated rings. The minimum atomic E-state index is -5.19. The first-order valence-corrected chi connectivity index (χ1v) is 5.97. The smallest absolute Gasteiger partial charge is 0.469 e. The molecule has 0 aromatic rings. The van der Waals surface area contributed by atoms with Gasteiger partial charge in [0.1, 0.15) is 19.1 Å². The highest BCUT2D eigenvalue weighted by molar-refractivity contribution is 7.46. The number of carbonyl (C=O) groups excluding carboxylic acids is 1. The van der Waals surface area contributed by atoms with Crippen LogP contribution in [0, 0.1) is 0 Å². The Labute approximate surface area is 102 Å². The molecule has 110 valence electrons. The van der Waals surface area contributed by atoms with Crippen LogP contribution in [0.4, 0.5) is 13.2 Å². The molecular formula is C7H15F3NO6P. The van der Waals surface area contributed by atoms with Gasteiger partial charge in [-0.15, -0.1) is 0 Å². The molecule has 0 aromatic heterocycles. The highest BCUT2D eigenvalue weighted by Crippen LogP contribution is 2.35. The van der Waals surface area contributed by atoms with Gasteiger partial charge in [-0.25, -0.2) is 4.57 Å². The van der Waals surface area contributed by atoms with Crippen molar-refractivity contribution in [1.29, 1.82) is 0 Å². The summed E-state index contributed by atoms with van der Waals surface area (Å²) in [7, 11) is 1.50. The molecule has 0 spiro atoms. The van der Waals surface area contributed by atoms with Crippen LogP contribution in [0.15, 0.2) is 0 Å². The van der Waals surface area contributed by atoms with Gasteiger partial charge in [0, 0.05) is 0 Å². The number of aliphatic carboxylic acids is 1. The number of likely N-dealkylation sites (N-methyl/N-ethyl adjacent to an activating group) is 1. The number of hydrogen-bond donors (Lipinski definition) is 2. The Hall–Kier alpha value is -0.670. The van der Waals surface area contributed by atoms with Crippen LogP contribution in [0.25, 0.3) is 0 Å². The summed E-state index contributed by atoms with van der Waals surface area (Å²) in [6.45, 7) is 0.652. The number of carboxylic acids is 1. The van der Waals surface area contributed by atoms with Crippen LogP contribution in [0.1, 0.15) is 0 Å². The van der Waals surface area contributed by atoms with Crippen molar-refractivity contribution >= 4 is 13.8 Å². The monoisotopic (exact) mass is 297 g/mol. The first kappa shape index (κ1) is 19.7. The Morgan fingerprint density at radius 2 is 1.67 bits per heavy atom. The van der Waals surface area contributed by atoms with E-state index in [0.717, 1.165) is 0 Å². The van der Waals surface area contributed by atoms with Gasteiger partial charge in [-0.05, 0) is 0 Å². The number of carboxylic acid groups (broad SMARTS) is 1. The summed E-state index contributed by atoms with van der Waals surface area (Å²) in [5, 5.41) is 8.78. The molecule has 2 N–H and O–H groups in total. The third-order valence-corrected chi connectivity index (χ3v) is 1.77. The van der Waals surface area contributed by atoms with Crippen molar-refractivity contribution < 1.29 is 46.4 Å². The molecule has 0 atom stereocenters. The van der Waals surface area contributed by atoms with E-state index < -0.39 is 20.0 Å². The van der Waals surface area contributed by atoms with Gasteiger partial charge in [0.25, 0.3) is 0 Å². The van der Waals surface area contributed by atoms with Gasteiger partial charge >= 0.3 is 14.0 Å². The number of nitrogens with zero attached hydrogens (tertiary/aromatic N) is 1. The van der Waals surface area contributed by atoms with Crippen molar-refractivity contribution in [1.82, 2.24) is 0 Å². The lowest BCUT2D eigenvalue weighted by Gasteiger charge is -2.23. The van der Waals surface area contributed by atoms with Crippen LogP contribution in [0.5, 0.6) is 0 Å². The molecule has 0 saturated heterocycles. The number of hydrogen-bond acceptors (Lipinski definition) is 4. The van der Waals surface area contributed by atoms with E-state index in [2.05, 4.69) is 4.52 Å². The lowest BCUT2D eigenvalue weighted by molar-refractivity contribution is -0.870. The molecule has 7 nitrogen and oxygen atoms in total. The second-order valence-corrected chi connectivity index (χ2v) is 5.36. The van der Waals surface area contributed by atoms with Crippen LogP contribution < -0.4 is 5.11 Å². The Bertz CT molecular complexity index is 307. The zero-order valence-electron chi connectivity index (χ0n) is 9.97. The third-order valence-electron chi connectivity index (χ3n) is 1.25. The average Bonchev–Trinajstić information content (AvgIpc) is 1.97. The highest BCUT2D eigenvalue weighted by Gasteiger charge is 2.28. The molecule has 0 heterocycles. The van der Waals surface area contributed by atoms with Crippen molar-refractivity contribution in [3.05, 3.63) is 0 Å². The molecule has 0 bridgehead atoms. The summed E-state index contributed by atoms with van der Waals surface area (Å²) in [6.07, 6.45) is -5.19. The maximum Gasteiger partial charge on any atom is 0.469 e. The summed E-state index contributed by atoms with van der Waals surface area (Å²) in [5.74, 6) is -3.01. The maximum absolute atomic E-state index is 10.5. The van der Waals surface area contributed by atoms with Gasteiger partial charge in [0.05, 0.1) is 21.1 Å². The van der Waals surface area contributed by atoms with Gasteiger partial charge < -0.3 is 24.2 Å². The zero-order valence-corrected chi connectivity index (χ0v) is 10.9. The van der Waals surface area contributed by atoms with Crippen LogP contribution in [-0.2, 0) is 13.9 Å². The van der Waals surface area contributed by atoms with Crippen LogP contribution in [0.3, 0.4) is 0 Å². The van der Waals surface area contributed by atoms with Crippen molar-refractivity contribution in [2.45, 2.75) is 6.18 Å². The molecule has 0 aliphatic rings. The molecule has 11 heteroatoms. The molecule has 18 heavy (non-hydrogen) atoms. The molecule has 0 aliphatic heterocycles. The van der Waals surface area contributed by atoms with E-state index in [0.29, 0.717) is 11.0 Å². The molecule has 0 amide bonds. The number of halogens is 3. The van der Waals surface area contributed by atoms with E-state index in [1.807, 2.05) is 21.1 Å². The fourth-order valence-corrected chi connectivity index (χ4v) is 0.753. The molecule has 0 rings (SSSR count). The van der Waals surface area contributed by atoms with E-state index in [4.69, 9.17) is 19.7 Å². The Morgan fingerprint density at radius 1 is 1.33 bits per heavy atom. The average molecular weight is 297 g/mol. The summed E-state index contributed by atoms with van der Waals surface area (Å²) < 4.78 is 46.6. The van der Waals surface area contributed by atoms with Crippen molar-refractivity contribution in [2.75, 3.05) is 34.3 Å². The van der Waals surface area contributed by atoms with Gasteiger partial charge in [-0.1, -0.05) is 0 Å². The quantitative estimate of drug-likeness (QED) is 0.514. The van der Waals surface area contributed by atoms with Gasteiger partial charge in [-0.2, -0.15) is 13.2 Å². The highest BCUT2D eigenvalue weighted by atomic mass is 31.2. The van der Waals surface area contributed by atoms with Crippen LogP contribution in [0.2, 0.25) is 0 Å². The van der Waals surface area contributed by atoms with Crippen molar-refractivity contribution in [3.63, 3.8) is 0 Å². The molecule has 0 aromatic carbocycles. The molecule has 0 aliphatic carbocycles. The van der Waals surface area contributed by atoms with Crippen LogP contribution in [-0.4, -0.2) is 60.7 Å². The summed E-state index contributed by atoms with van der Waals surface area (Å²) >= 11 is 0. The number of phosphoric acid groups is 1. The zero-order chi connectivity index (χ0) is 15.2. The van der Waals surface area contributed by atoms with E-state index in [9.17, 15) is 17.7 Å². The Morgan fingerprint density at radius 3 is 1.83 bits per heavy atom.